The molecule has 2 atom stereocenters. The Bertz CT molecular complexity index is 154. The Balaban J connectivity index is 0.00000121. The summed E-state index contributed by atoms with van der Waals surface area (Å²) < 4.78 is 5.35. The van der Waals surface area contributed by atoms with Crippen molar-refractivity contribution in [3.63, 3.8) is 0 Å². The first-order valence-corrected chi connectivity index (χ1v) is 3.76. The van der Waals surface area contributed by atoms with Crippen molar-refractivity contribution >= 4 is 18.4 Å². The molecule has 5 heteroatoms. The maximum absolute atomic E-state index is 10.3. The lowest BCUT2D eigenvalue weighted by Gasteiger charge is -2.27. The predicted molar refractivity (Wildman–Crippen MR) is 46.7 cm³/mol. The van der Waals surface area contributed by atoms with Crippen LogP contribution in [0.15, 0.2) is 0 Å². The van der Waals surface area contributed by atoms with Crippen LogP contribution in [0.1, 0.15) is 13.3 Å². The fourth-order valence-corrected chi connectivity index (χ4v) is 1.19. The molecule has 1 aliphatic rings. The van der Waals surface area contributed by atoms with Gasteiger partial charge in [0.15, 0.2) is 0 Å². The Morgan fingerprint density at radius 1 is 1.67 bits per heavy atom. The van der Waals surface area contributed by atoms with E-state index in [9.17, 15) is 4.79 Å². The van der Waals surface area contributed by atoms with Crippen LogP contribution in [0.25, 0.3) is 0 Å². The SMILES string of the molecule is CC1CNCC(CC(=O)O)O1.Cl. The van der Waals surface area contributed by atoms with Gasteiger partial charge >= 0.3 is 5.97 Å². The van der Waals surface area contributed by atoms with Crippen LogP contribution in [0, 0.1) is 0 Å². The molecule has 1 saturated heterocycles. The van der Waals surface area contributed by atoms with Gasteiger partial charge in [-0.05, 0) is 6.92 Å². The number of morpholine rings is 1. The van der Waals surface area contributed by atoms with Gasteiger partial charge in [0, 0.05) is 13.1 Å². The molecule has 1 fully saturated rings. The molecular formula is C7H14ClNO3. The van der Waals surface area contributed by atoms with E-state index in [1.54, 1.807) is 0 Å². The maximum Gasteiger partial charge on any atom is 0.306 e. The fraction of sp³-hybridized carbons (Fsp3) is 0.857. The van der Waals surface area contributed by atoms with Crippen molar-refractivity contribution in [1.29, 1.82) is 0 Å². The summed E-state index contributed by atoms with van der Waals surface area (Å²) in [5.74, 6) is -0.800. The minimum absolute atomic E-state index is 0. The predicted octanol–water partition coefficient (Wildman–Crippen LogP) is 0.260. The number of halogens is 1. The standard InChI is InChI=1S/C7H13NO3.ClH/c1-5-3-8-4-6(11-5)2-7(9)10;/h5-6,8H,2-4H2,1H3,(H,9,10);1H. The molecule has 1 heterocycles. The summed E-state index contributed by atoms with van der Waals surface area (Å²) in [5, 5.41) is 11.5. The van der Waals surface area contributed by atoms with E-state index in [1.165, 1.54) is 0 Å². The lowest BCUT2D eigenvalue weighted by Crippen LogP contribution is -2.44. The van der Waals surface area contributed by atoms with Gasteiger partial charge in [-0.1, -0.05) is 0 Å². The number of rotatable bonds is 2. The van der Waals surface area contributed by atoms with Gasteiger partial charge in [-0.3, -0.25) is 4.79 Å². The summed E-state index contributed by atoms with van der Waals surface area (Å²) in [7, 11) is 0. The molecule has 0 aromatic carbocycles. The highest BCUT2D eigenvalue weighted by Crippen LogP contribution is 2.06. The monoisotopic (exact) mass is 195 g/mol. The lowest BCUT2D eigenvalue weighted by atomic mass is 10.2. The number of nitrogens with one attached hydrogen (secondary N) is 1. The Labute approximate surface area is 77.7 Å². The molecule has 2 N–H and O–H groups in total. The third-order valence-electron chi connectivity index (χ3n) is 1.63. The van der Waals surface area contributed by atoms with Gasteiger partial charge in [0.1, 0.15) is 0 Å². The highest BCUT2D eigenvalue weighted by Gasteiger charge is 2.20. The maximum atomic E-state index is 10.3. The molecule has 0 spiro atoms. The van der Waals surface area contributed by atoms with E-state index in [1.807, 2.05) is 6.92 Å². The topological polar surface area (TPSA) is 58.6 Å². The van der Waals surface area contributed by atoms with Crippen molar-refractivity contribution in [2.24, 2.45) is 0 Å². The molecule has 2 unspecified atom stereocenters. The molecule has 0 radical (unpaired) electrons. The zero-order valence-electron chi connectivity index (χ0n) is 6.95. The normalized spacial score (nSPS) is 29.1. The molecular weight excluding hydrogens is 182 g/mol. The first-order valence-electron chi connectivity index (χ1n) is 3.76. The quantitative estimate of drug-likeness (QED) is 0.664. The number of carboxylic acids is 1. The van der Waals surface area contributed by atoms with E-state index in [0.29, 0.717) is 6.54 Å². The Morgan fingerprint density at radius 3 is 2.83 bits per heavy atom. The van der Waals surface area contributed by atoms with E-state index >= 15 is 0 Å². The Kier molecular flexibility index (Phi) is 5.20. The number of carbonyl (C=O) groups is 1. The number of aliphatic carboxylic acids is 1. The lowest BCUT2D eigenvalue weighted by molar-refractivity contribution is -0.142. The molecule has 0 aromatic rings. The number of hydrogen-bond donors (Lipinski definition) is 2. The molecule has 1 aliphatic heterocycles. The molecule has 4 nitrogen and oxygen atoms in total. The summed E-state index contributed by atoms with van der Waals surface area (Å²) in [6.45, 7) is 3.40. The van der Waals surface area contributed by atoms with E-state index in [2.05, 4.69) is 5.32 Å². The van der Waals surface area contributed by atoms with Crippen molar-refractivity contribution in [2.75, 3.05) is 13.1 Å². The number of ether oxygens (including phenoxy) is 1. The van der Waals surface area contributed by atoms with Crippen molar-refractivity contribution in [3.05, 3.63) is 0 Å². The number of carboxylic acid groups (broad SMARTS) is 1. The van der Waals surface area contributed by atoms with Gasteiger partial charge in [-0.2, -0.15) is 0 Å². The summed E-state index contributed by atoms with van der Waals surface area (Å²) >= 11 is 0. The van der Waals surface area contributed by atoms with E-state index < -0.39 is 5.97 Å². The second-order valence-electron chi connectivity index (χ2n) is 2.82. The van der Waals surface area contributed by atoms with Crippen molar-refractivity contribution in [3.8, 4) is 0 Å². The first-order chi connectivity index (χ1) is 5.18. The molecule has 72 valence electrons. The summed E-state index contributed by atoms with van der Waals surface area (Å²) in [6.07, 6.45) is 0.0708. The van der Waals surface area contributed by atoms with Crippen LogP contribution in [-0.4, -0.2) is 36.4 Å². The molecule has 1 rings (SSSR count). The van der Waals surface area contributed by atoms with Gasteiger partial charge in [0.2, 0.25) is 0 Å². The second-order valence-corrected chi connectivity index (χ2v) is 2.82. The van der Waals surface area contributed by atoms with Gasteiger partial charge in [-0.25, -0.2) is 0 Å². The van der Waals surface area contributed by atoms with Gasteiger partial charge in [0.05, 0.1) is 18.6 Å². The van der Waals surface area contributed by atoms with Crippen molar-refractivity contribution in [1.82, 2.24) is 5.32 Å². The minimum Gasteiger partial charge on any atom is -0.481 e. The second kappa shape index (κ2) is 5.35. The van der Waals surface area contributed by atoms with Crippen LogP contribution in [0.5, 0.6) is 0 Å². The zero-order chi connectivity index (χ0) is 8.27. The number of hydrogen-bond acceptors (Lipinski definition) is 3. The molecule has 0 amide bonds. The highest BCUT2D eigenvalue weighted by molar-refractivity contribution is 5.85. The van der Waals surface area contributed by atoms with E-state index in [-0.39, 0.29) is 31.0 Å². The van der Waals surface area contributed by atoms with Crippen LogP contribution in [-0.2, 0) is 9.53 Å². The summed E-state index contributed by atoms with van der Waals surface area (Å²) in [6, 6.07) is 0. The average Bonchev–Trinajstić information content (AvgIpc) is 1.85. The summed E-state index contributed by atoms with van der Waals surface area (Å²) in [5.41, 5.74) is 0. The molecule has 0 aliphatic carbocycles. The Hall–Kier alpha value is -0.320. The Morgan fingerprint density at radius 2 is 2.33 bits per heavy atom. The van der Waals surface area contributed by atoms with Crippen LogP contribution < -0.4 is 5.32 Å². The smallest absolute Gasteiger partial charge is 0.306 e. The third kappa shape index (κ3) is 3.90. The van der Waals surface area contributed by atoms with Crippen molar-refractivity contribution in [2.45, 2.75) is 25.6 Å². The third-order valence-corrected chi connectivity index (χ3v) is 1.63. The zero-order valence-corrected chi connectivity index (χ0v) is 7.76. The van der Waals surface area contributed by atoms with Crippen LogP contribution in [0.3, 0.4) is 0 Å². The van der Waals surface area contributed by atoms with Gasteiger partial charge < -0.3 is 15.2 Å². The van der Waals surface area contributed by atoms with E-state index in [0.717, 1.165) is 6.54 Å². The van der Waals surface area contributed by atoms with Crippen LogP contribution in [0.4, 0.5) is 0 Å². The van der Waals surface area contributed by atoms with Crippen molar-refractivity contribution < 1.29 is 14.6 Å². The van der Waals surface area contributed by atoms with E-state index in [4.69, 9.17) is 9.84 Å². The molecule has 0 bridgehead atoms. The largest absolute Gasteiger partial charge is 0.481 e. The first kappa shape index (κ1) is 11.7. The fourth-order valence-electron chi connectivity index (χ4n) is 1.19. The van der Waals surface area contributed by atoms with Crippen LogP contribution >= 0.6 is 12.4 Å². The summed E-state index contributed by atoms with van der Waals surface area (Å²) in [4.78, 5) is 10.3. The van der Waals surface area contributed by atoms with Gasteiger partial charge in [-0.15, -0.1) is 12.4 Å². The van der Waals surface area contributed by atoms with Crippen LogP contribution in [0.2, 0.25) is 0 Å². The highest BCUT2D eigenvalue weighted by atomic mass is 35.5. The molecule has 0 saturated carbocycles. The van der Waals surface area contributed by atoms with Gasteiger partial charge in [0.25, 0.3) is 0 Å². The minimum atomic E-state index is -0.800. The molecule has 0 aromatic heterocycles. The molecule has 12 heavy (non-hydrogen) atoms. The average molecular weight is 196 g/mol.